The summed E-state index contributed by atoms with van der Waals surface area (Å²) in [4.78, 5) is 4.77. The first kappa shape index (κ1) is 37.6. The van der Waals surface area contributed by atoms with Crippen molar-refractivity contribution >= 4 is 34.1 Å². The van der Waals surface area contributed by atoms with Gasteiger partial charge in [0, 0.05) is 34.1 Å². The summed E-state index contributed by atoms with van der Waals surface area (Å²) in [6, 6.07) is 98.3. The van der Waals surface area contributed by atoms with Gasteiger partial charge >= 0.3 is 0 Å². The molecule has 10 aromatic carbocycles. The zero-order chi connectivity index (χ0) is 42.5. The predicted molar refractivity (Wildman–Crippen MR) is 265 cm³/mol. The van der Waals surface area contributed by atoms with Crippen LogP contribution in [0.1, 0.15) is 44.5 Å². The minimum absolute atomic E-state index is 0.542. The summed E-state index contributed by atoms with van der Waals surface area (Å²) >= 11 is 0. The molecular weight excluding hydrogens is 773 g/mol. The van der Waals surface area contributed by atoms with Crippen LogP contribution < -0.4 is 9.80 Å². The average molecular weight is 817 g/mol. The van der Waals surface area contributed by atoms with Crippen LogP contribution in [0.4, 0.5) is 34.1 Å². The molecule has 12 rings (SSSR count). The molecule has 2 aliphatic carbocycles. The number of fused-ring (bicyclic) bond motifs is 5. The Morgan fingerprint density at radius 2 is 0.547 bits per heavy atom. The number of hydrogen-bond acceptors (Lipinski definition) is 2. The fourth-order valence-corrected chi connectivity index (χ4v) is 11.1. The molecule has 0 saturated heterocycles. The Morgan fingerprint density at radius 3 is 1.03 bits per heavy atom. The summed E-state index contributed by atoms with van der Waals surface area (Å²) in [6.45, 7) is 0. The first-order valence-electron chi connectivity index (χ1n) is 22.2. The monoisotopic (exact) mass is 816 g/mol. The van der Waals surface area contributed by atoms with E-state index in [-0.39, 0.29) is 0 Å². The second kappa shape index (κ2) is 15.3. The molecule has 0 aromatic heterocycles. The second-order valence-electron chi connectivity index (χ2n) is 16.8. The zero-order valence-electron chi connectivity index (χ0n) is 35.3. The van der Waals surface area contributed by atoms with Crippen molar-refractivity contribution in [1.29, 1.82) is 0 Å². The first-order valence-corrected chi connectivity index (χ1v) is 22.2. The molecule has 2 nitrogen and oxygen atoms in total. The number of para-hydroxylation sites is 4. The summed E-state index contributed by atoms with van der Waals surface area (Å²) in [6.07, 6.45) is 0. The van der Waals surface area contributed by atoms with Gasteiger partial charge in [0.25, 0.3) is 0 Å². The normalized spacial score (nSPS) is 15.1. The molecule has 10 aromatic rings. The molecule has 2 heteroatoms. The first-order chi connectivity index (χ1) is 31.8. The average Bonchev–Trinajstić information content (AvgIpc) is 3.68. The summed E-state index contributed by atoms with van der Waals surface area (Å²) in [5.74, 6) is 0. The number of benzene rings is 10. The molecule has 0 saturated carbocycles. The van der Waals surface area contributed by atoms with Gasteiger partial charge < -0.3 is 9.80 Å². The van der Waals surface area contributed by atoms with Crippen LogP contribution in [0.5, 0.6) is 0 Å². The molecule has 0 spiro atoms. The van der Waals surface area contributed by atoms with Crippen molar-refractivity contribution in [2.24, 2.45) is 0 Å². The third kappa shape index (κ3) is 5.59. The smallest absolute Gasteiger partial charge is 0.0720 e. The maximum absolute atomic E-state index is 2.45. The van der Waals surface area contributed by atoms with Gasteiger partial charge in [0.2, 0.25) is 0 Å². The fourth-order valence-electron chi connectivity index (χ4n) is 11.1. The van der Waals surface area contributed by atoms with E-state index >= 15 is 0 Å². The van der Waals surface area contributed by atoms with E-state index in [9.17, 15) is 0 Å². The van der Waals surface area contributed by atoms with Crippen LogP contribution in [-0.4, -0.2) is 0 Å². The third-order valence-corrected chi connectivity index (χ3v) is 13.5. The Balaban J connectivity index is 1.21. The van der Waals surface area contributed by atoms with Crippen molar-refractivity contribution in [1.82, 2.24) is 0 Å². The highest BCUT2D eigenvalue weighted by molar-refractivity contribution is 5.92. The molecule has 0 N–H and O–H groups in total. The van der Waals surface area contributed by atoms with E-state index in [2.05, 4.69) is 277 Å². The molecule has 0 fully saturated rings. The topological polar surface area (TPSA) is 6.48 Å². The van der Waals surface area contributed by atoms with E-state index in [0.29, 0.717) is 0 Å². The van der Waals surface area contributed by atoms with Crippen molar-refractivity contribution in [2.45, 2.75) is 10.8 Å². The van der Waals surface area contributed by atoms with Gasteiger partial charge in [-0.25, -0.2) is 0 Å². The van der Waals surface area contributed by atoms with E-state index in [0.717, 1.165) is 34.1 Å². The molecule has 302 valence electrons. The molecule has 0 amide bonds. The van der Waals surface area contributed by atoms with E-state index < -0.39 is 10.8 Å². The van der Waals surface area contributed by atoms with Crippen molar-refractivity contribution in [3.63, 3.8) is 0 Å². The summed E-state index contributed by atoms with van der Waals surface area (Å²) in [5.41, 5.74) is 18.1. The lowest BCUT2D eigenvalue weighted by molar-refractivity contribution is 0.627. The highest BCUT2D eigenvalue weighted by Gasteiger charge is 2.57. The molecule has 64 heavy (non-hydrogen) atoms. The van der Waals surface area contributed by atoms with Gasteiger partial charge in [0.15, 0.2) is 0 Å². The third-order valence-electron chi connectivity index (χ3n) is 13.5. The molecule has 0 radical (unpaired) electrons. The molecule has 1 unspecified atom stereocenters. The van der Waals surface area contributed by atoms with Gasteiger partial charge in [-0.2, -0.15) is 0 Å². The molecule has 0 bridgehead atoms. The van der Waals surface area contributed by atoms with Gasteiger partial charge in [-0.05, 0) is 128 Å². The minimum atomic E-state index is -0.758. The molecule has 1 atom stereocenters. The van der Waals surface area contributed by atoms with Crippen LogP contribution in [0, 0.1) is 0 Å². The lowest BCUT2D eigenvalue weighted by atomic mass is 9.51. The SMILES string of the molecule is c1ccc(N(c2ccccc2)c2cccc(C3(c4cccc(N(c5ccccc5)c5ccccc5)c4)c4ccccc4C4(c5ccccc5)c5ccccc5-c5cccc3c54)c2)cc1. The van der Waals surface area contributed by atoms with E-state index in [1.54, 1.807) is 0 Å². The molecule has 2 aliphatic rings. The van der Waals surface area contributed by atoms with Crippen LogP contribution in [-0.2, 0) is 10.8 Å². The Labute approximate surface area is 375 Å². The van der Waals surface area contributed by atoms with E-state index in [1.807, 2.05) is 0 Å². The Morgan fingerprint density at radius 1 is 0.219 bits per heavy atom. The Kier molecular flexibility index (Phi) is 8.98. The van der Waals surface area contributed by atoms with Crippen molar-refractivity contribution in [3.05, 3.63) is 311 Å². The molecule has 0 aliphatic heterocycles. The predicted octanol–water partition coefficient (Wildman–Crippen LogP) is 15.7. The van der Waals surface area contributed by atoms with E-state index in [4.69, 9.17) is 0 Å². The molecular formula is C62H44N2. The zero-order valence-corrected chi connectivity index (χ0v) is 35.3. The number of anilines is 6. The van der Waals surface area contributed by atoms with Gasteiger partial charge in [0.1, 0.15) is 0 Å². The van der Waals surface area contributed by atoms with Gasteiger partial charge in [0.05, 0.1) is 10.8 Å². The van der Waals surface area contributed by atoms with Gasteiger partial charge in [-0.3, -0.25) is 0 Å². The number of rotatable bonds is 9. The highest BCUT2D eigenvalue weighted by atomic mass is 15.1. The molecule has 0 heterocycles. The van der Waals surface area contributed by atoms with Crippen LogP contribution >= 0.6 is 0 Å². The lowest BCUT2D eigenvalue weighted by Gasteiger charge is -2.49. The Bertz CT molecular complexity index is 3070. The van der Waals surface area contributed by atoms with Crippen molar-refractivity contribution in [2.75, 3.05) is 9.80 Å². The van der Waals surface area contributed by atoms with Crippen LogP contribution in [0.25, 0.3) is 11.1 Å². The number of hydrogen-bond donors (Lipinski definition) is 0. The van der Waals surface area contributed by atoms with Crippen LogP contribution in [0.15, 0.2) is 267 Å². The van der Waals surface area contributed by atoms with Gasteiger partial charge in [-0.15, -0.1) is 0 Å². The fraction of sp³-hybridized carbons (Fsp3) is 0.0323. The largest absolute Gasteiger partial charge is 0.310 e. The van der Waals surface area contributed by atoms with Crippen LogP contribution in [0.2, 0.25) is 0 Å². The lowest BCUT2D eigenvalue weighted by Crippen LogP contribution is -2.44. The highest BCUT2D eigenvalue weighted by Crippen LogP contribution is 2.66. The maximum Gasteiger partial charge on any atom is 0.0720 e. The van der Waals surface area contributed by atoms with Crippen molar-refractivity contribution in [3.8, 4) is 11.1 Å². The van der Waals surface area contributed by atoms with Crippen molar-refractivity contribution < 1.29 is 0 Å². The summed E-state index contributed by atoms with van der Waals surface area (Å²) in [5, 5.41) is 0. The maximum atomic E-state index is 2.45. The van der Waals surface area contributed by atoms with Gasteiger partial charge in [-0.1, -0.05) is 194 Å². The minimum Gasteiger partial charge on any atom is -0.310 e. The summed E-state index contributed by atoms with van der Waals surface area (Å²) < 4.78 is 0. The second-order valence-corrected chi connectivity index (χ2v) is 16.8. The quantitative estimate of drug-likeness (QED) is 0.143. The number of nitrogens with zero attached hydrogens (tertiary/aromatic N) is 2. The Hall–Kier alpha value is -8.20. The standard InChI is InChI=1S/C62H44N2/c1-6-23-45(24-7-1)62-56-39-17-16-37-54(56)55-38-22-42-59(60(55)62)61(57-40-18-19-41-58(57)62,46-25-20-35-52(43-46)63(48-27-8-2-9-28-48)49-29-10-3-11-30-49)47-26-21-36-53(44-47)64(50-31-12-4-13-32-50)51-33-14-5-15-34-51/h1-44H. The van der Waals surface area contributed by atoms with Crippen LogP contribution in [0.3, 0.4) is 0 Å². The van der Waals surface area contributed by atoms with E-state index in [1.165, 1.54) is 55.6 Å². The summed E-state index contributed by atoms with van der Waals surface area (Å²) in [7, 11) is 0.